The molecule has 0 radical (unpaired) electrons. The lowest BCUT2D eigenvalue weighted by atomic mass is 10.1. The van der Waals surface area contributed by atoms with E-state index in [-0.39, 0.29) is 12.2 Å². The Morgan fingerprint density at radius 1 is 1.14 bits per heavy atom. The molecule has 5 heteroatoms. The van der Waals surface area contributed by atoms with Gasteiger partial charge in [0.05, 0.1) is 11.3 Å². The van der Waals surface area contributed by atoms with Crippen LogP contribution in [0, 0.1) is 11.6 Å². The van der Waals surface area contributed by atoms with Crippen molar-refractivity contribution in [3.63, 3.8) is 0 Å². The number of carbonyl (C=O) groups is 1. The summed E-state index contributed by atoms with van der Waals surface area (Å²) < 4.78 is 26.9. The Kier molecular flexibility index (Phi) is 4.52. The monoisotopic (exact) mass is 290 g/mol. The predicted octanol–water partition coefficient (Wildman–Crippen LogP) is 3.04. The molecule has 0 saturated carbocycles. The molecule has 2 aromatic rings. The second-order valence-corrected chi connectivity index (χ2v) is 4.71. The van der Waals surface area contributed by atoms with Crippen LogP contribution in [0.4, 0.5) is 14.5 Å². The van der Waals surface area contributed by atoms with E-state index in [0.717, 1.165) is 24.1 Å². The Balaban J connectivity index is 2.08. The highest BCUT2D eigenvalue weighted by Gasteiger charge is 2.15. The molecule has 110 valence electrons. The van der Waals surface area contributed by atoms with Crippen molar-refractivity contribution in [2.45, 2.75) is 19.9 Å². The Bertz CT molecular complexity index is 654. The molecule has 0 atom stereocenters. The van der Waals surface area contributed by atoms with Crippen LogP contribution in [0.1, 0.15) is 28.4 Å². The van der Waals surface area contributed by atoms with Crippen LogP contribution in [0.5, 0.6) is 0 Å². The van der Waals surface area contributed by atoms with E-state index in [2.05, 4.69) is 5.32 Å². The summed E-state index contributed by atoms with van der Waals surface area (Å²) in [4.78, 5) is 11.9. The molecular weight excluding hydrogens is 274 g/mol. The van der Waals surface area contributed by atoms with Crippen molar-refractivity contribution in [2.75, 3.05) is 5.73 Å². The van der Waals surface area contributed by atoms with Crippen molar-refractivity contribution in [3.05, 3.63) is 64.7 Å². The van der Waals surface area contributed by atoms with Gasteiger partial charge in [-0.05, 0) is 29.7 Å². The zero-order valence-corrected chi connectivity index (χ0v) is 11.6. The van der Waals surface area contributed by atoms with E-state index < -0.39 is 23.1 Å². The SMILES string of the molecule is CCc1ccc(CNC(=O)c2cc(F)cc(N)c2F)cc1. The number of nitrogen functional groups attached to an aromatic ring is 1. The van der Waals surface area contributed by atoms with Crippen LogP contribution in [-0.4, -0.2) is 5.91 Å². The summed E-state index contributed by atoms with van der Waals surface area (Å²) in [7, 11) is 0. The topological polar surface area (TPSA) is 55.1 Å². The van der Waals surface area contributed by atoms with Crippen LogP contribution in [0.25, 0.3) is 0 Å². The lowest BCUT2D eigenvalue weighted by molar-refractivity contribution is 0.0946. The van der Waals surface area contributed by atoms with Gasteiger partial charge in [-0.2, -0.15) is 0 Å². The minimum absolute atomic E-state index is 0.235. The number of hydrogen-bond donors (Lipinski definition) is 2. The lowest BCUT2D eigenvalue weighted by Gasteiger charge is -2.08. The lowest BCUT2D eigenvalue weighted by Crippen LogP contribution is -2.24. The van der Waals surface area contributed by atoms with E-state index in [1.54, 1.807) is 0 Å². The normalized spacial score (nSPS) is 10.4. The molecule has 0 heterocycles. The second-order valence-electron chi connectivity index (χ2n) is 4.71. The first-order valence-corrected chi connectivity index (χ1v) is 6.61. The molecule has 2 aromatic carbocycles. The molecule has 0 bridgehead atoms. The van der Waals surface area contributed by atoms with Crippen LogP contribution in [0.15, 0.2) is 36.4 Å². The van der Waals surface area contributed by atoms with Gasteiger partial charge in [-0.1, -0.05) is 31.2 Å². The molecule has 2 rings (SSSR count). The fraction of sp³-hybridized carbons (Fsp3) is 0.188. The van der Waals surface area contributed by atoms with Crippen molar-refractivity contribution in [3.8, 4) is 0 Å². The fourth-order valence-electron chi connectivity index (χ4n) is 1.95. The molecule has 1 amide bonds. The molecule has 0 saturated heterocycles. The predicted molar refractivity (Wildman–Crippen MR) is 77.8 cm³/mol. The molecule has 0 spiro atoms. The third kappa shape index (κ3) is 3.56. The van der Waals surface area contributed by atoms with E-state index in [1.165, 1.54) is 5.56 Å². The summed E-state index contributed by atoms with van der Waals surface area (Å²) in [5.74, 6) is -2.35. The summed E-state index contributed by atoms with van der Waals surface area (Å²) >= 11 is 0. The first kappa shape index (κ1) is 15.0. The van der Waals surface area contributed by atoms with Crippen LogP contribution >= 0.6 is 0 Å². The average molecular weight is 290 g/mol. The number of rotatable bonds is 4. The van der Waals surface area contributed by atoms with Gasteiger partial charge in [0.15, 0.2) is 5.82 Å². The van der Waals surface area contributed by atoms with E-state index in [9.17, 15) is 13.6 Å². The van der Waals surface area contributed by atoms with Gasteiger partial charge >= 0.3 is 0 Å². The molecule has 0 fully saturated rings. The van der Waals surface area contributed by atoms with Gasteiger partial charge in [0.1, 0.15) is 5.82 Å². The maximum absolute atomic E-state index is 13.7. The largest absolute Gasteiger partial charge is 0.396 e. The highest BCUT2D eigenvalue weighted by Crippen LogP contribution is 2.17. The van der Waals surface area contributed by atoms with Crippen molar-refractivity contribution in [2.24, 2.45) is 0 Å². The van der Waals surface area contributed by atoms with Gasteiger partial charge in [0.25, 0.3) is 5.91 Å². The highest BCUT2D eigenvalue weighted by molar-refractivity contribution is 5.95. The zero-order valence-electron chi connectivity index (χ0n) is 11.6. The Labute approximate surface area is 121 Å². The average Bonchev–Trinajstić information content (AvgIpc) is 2.49. The third-order valence-corrected chi connectivity index (χ3v) is 3.19. The number of nitrogens with two attached hydrogens (primary N) is 1. The Morgan fingerprint density at radius 2 is 1.76 bits per heavy atom. The van der Waals surface area contributed by atoms with Gasteiger partial charge in [-0.25, -0.2) is 8.78 Å². The molecule has 0 aromatic heterocycles. The van der Waals surface area contributed by atoms with Gasteiger partial charge in [0, 0.05) is 6.54 Å². The summed E-state index contributed by atoms with van der Waals surface area (Å²) in [5, 5.41) is 2.55. The summed E-state index contributed by atoms with van der Waals surface area (Å²) in [6.07, 6.45) is 0.931. The quantitative estimate of drug-likeness (QED) is 0.850. The van der Waals surface area contributed by atoms with E-state index in [4.69, 9.17) is 5.73 Å². The number of amides is 1. The van der Waals surface area contributed by atoms with Gasteiger partial charge in [0.2, 0.25) is 0 Å². The number of benzene rings is 2. The van der Waals surface area contributed by atoms with Crippen LogP contribution in [0.2, 0.25) is 0 Å². The minimum atomic E-state index is -0.907. The number of carbonyl (C=O) groups excluding carboxylic acids is 1. The van der Waals surface area contributed by atoms with Crippen molar-refractivity contribution in [1.82, 2.24) is 5.32 Å². The van der Waals surface area contributed by atoms with E-state index >= 15 is 0 Å². The number of anilines is 1. The van der Waals surface area contributed by atoms with Crippen LogP contribution in [0.3, 0.4) is 0 Å². The van der Waals surface area contributed by atoms with Gasteiger partial charge < -0.3 is 11.1 Å². The van der Waals surface area contributed by atoms with Crippen molar-refractivity contribution >= 4 is 11.6 Å². The molecule has 0 aliphatic carbocycles. The van der Waals surface area contributed by atoms with E-state index in [0.29, 0.717) is 0 Å². The first-order valence-electron chi connectivity index (χ1n) is 6.61. The summed E-state index contributed by atoms with van der Waals surface area (Å²) in [5.41, 5.74) is 6.60. The number of halogens is 2. The van der Waals surface area contributed by atoms with Gasteiger partial charge in [-0.15, -0.1) is 0 Å². The third-order valence-electron chi connectivity index (χ3n) is 3.19. The van der Waals surface area contributed by atoms with Crippen molar-refractivity contribution in [1.29, 1.82) is 0 Å². The number of nitrogens with one attached hydrogen (secondary N) is 1. The fourth-order valence-corrected chi connectivity index (χ4v) is 1.95. The summed E-state index contributed by atoms with van der Waals surface area (Å²) in [6, 6.07) is 9.37. The molecular formula is C16H16F2N2O. The van der Waals surface area contributed by atoms with Crippen LogP contribution < -0.4 is 11.1 Å². The molecule has 0 unspecified atom stereocenters. The smallest absolute Gasteiger partial charge is 0.254 e. The molecule has 0 aliphatic rings. The maximum Gasteiger partial charge on any atom is 0.254 e. The van der Waals surface area contributed by atoms with Crippen LogP contribution in [-0.2, 0) is 13.0 Å². The minimum Gasteiger partial charge on any atom is -0.396 e. The number of hydrogen-bond acceptors (Lipinski definition) is 2. The molecule has 21 heavy (non-hydrogen) atoms. The standard InChI is InChI=1S/C16H16F2N2O/c1-2-10-3-5-11(6-4-10)9-20-16(21)13-7-12(17)8-14(19)15(13)18/h3-8H,2,9,19H2,1H3,(H,20,21). The van der Waals surface area contributed by atoms with Crippen molar-refractivity contribution < 1.29 is 13.6 Å². The summed E-state index contributed by atoms with van der Waals surface area (Å²) in [6.45, 7) is 2.28. The zero-order chi connectivity index (χ0) is 15.4. The maximum atomic E-state index is 13.7. The van der Waals surface area contributed by atoms with Gasteiger partial charge in [-0.3, -0.25) is 4.79 Å². The molecule has 3 N–H and O–H groups in total. The Hall–Kier alpha value is -2.43. The second kappa shape index (κ2) is 6.35. The van der Waals surface area contributed by atoms with E-state index in [1.807, 2.05) is 31.2 Å². The highest BCUT2D eigenvalue weighted by atomic mass is 19.1. The molecule has 0 aliphatic heterocycles. The Morgan fingerprint density at radius 3 is 2.38 bits per heavy atom. The first-order chi connectivity index (χ1) is 10.0. The number of aryl methyl sites for hydroxylation is 1. The molecule has 3 nitrogen and oxygen atoms in total.